The SMILES string of the molecule is C=CC(=O)N1CCC2(CC(n3c(NC(=O)c4ccc(-c5cc[nH]c(=O)c5)s4)nc4ccccc43)C2)C1. The highest BCUT2D eigenvalue weighted by atomic mass is 32.1. The number of benzene rings is 1. The summed E-state index contributed by atoms with van der Waals surface area (Å²) < 4.78 is 2.14. The van der Waals surface area contributed by atoms with Crippen LogP contribution in [-0.4, -0.2) is 44.3 Å². The molecule has 1 saturated carbocycles. The number of aromatic amines is 1. The number of aromatic nitrogens is 3. The number of nitrogens with one attached hydrogen (secondary N) is 2. The highest BCUT2D eigenvalue weighted by Crippen LogP contribution is 2.55. The van der Waals surface area contributed by atoms with E-state index in [4.69, 9.17) is 4.98 Å². The molecule has 2 N–H and O–H groups in total. The van der Waals surface area contributed by atoms with Gasteiger partial charge in [0.25, 0.3) is 5.91 Å². The van der Waals surface area contributed by atoms with Gasteiger partial charge in [-0.25, -0.2) is 4.98 Å². The van der Waals surface area contributed by atoms with Gasteiger partial charge in [-0.2, -0.15) is 0 Å². The van der Waals surface area contributed by atoms with Crippen molar-refractivity contribution in [2.75, 3.05) is 18.4 Å². The minimum atomic E-state index is -0.231. The van der Waals surface area contributed by atoms with Gasteiger partial charge in [0, 0.05) is 36.3 Å². The zero-order chi connectivity index (χ0) is 24.9. The van der Waals surface area contributed by atoms with Crippen LogP contribution in [0.3, 0.4) is 0 Å². The van der Waals surface area contributed by atoms with E-state index in [9.17, 15) is 14.4 Å². The standard InChI is InChI=1S/C27H25N5O3S/c1-2-24(34)31-12-10-27(16-31)14-18(15-27)32-20-6-4-3-5-19(20)29-26(32)30-25(35)22-8-7-21(36-22)17-9-11-28-23(33)13-17/h2-9,11,13,18H,1,10,12,14-16H2,(H,28,33)(H,29,30,35). The molecule has 8 nitrogen and oxygen atoms in total. The number of H-pyrrole nitrogens is 1. The molecule has 1 saturated heterocycles. The molecule has 2 amide bonds. The van der Waals surface area contributed by atoms with Gasteiger partial charge in [-0.05, 0) is 66.6 Å². The van der Waals surface area contributed by atoms with Gasteiger partial charge in [-0.15, -0.1) is 11.3 Å². The number of amides is 2. The quantitative estimate of drug-likeness (QED) is 0.397. The maximum absolute atomic E-state index is 13.2. The minimum Gasteiger partial charge on any atom is -0.339 e. The first-order valence-electron chi connectivity index (χ1n) is 11.9. The van der Waals surface area contributed by atoms with E-state index in [1.165, 1.54) is 23.5 Å². The lowest BCUT2D eigenvalue weighted by Gasteiger charge is -2.46. The lowest BCUT2D eigenvalue weighted by molar-refractivity contribution is -0.125. The number of imidazole rings is 1. The Morgan fingerprint density at radius 2 is 2.03 bits per heavy atom. The van der Waals surface area contributed by atoms with E-state index in [2.05, 4.69) is 21.4 Å². The Bertz CT molecular complexity index is 1560. The highest BCUT2D eigenvalue weighted by Gasteiger charge is 2.50. The second kappa shape index (κ2) is 8.60. The second-order valence-corrected chi connectivity index (χ2v) is 10.7. The summed E-state index contributed by atoms with van der Waals surface area (Å²) in [6.07, 6.45) is 5.84. The average Bonchev–Trinajstić information content (AvgIpc) is 3.59. The summed E-state index contributed by atoms with van der Waals surface area (Å²) in [5.41, 5.74) is 2.53. The average molecular weight is 500 g/mol. The molecule has 2 aliphatic rings. The highest BCUT2D eigenvalue weighted by molar-refractivity contribution is 7.17. The van der Waals surface area contributed by atoms with Crippen LogP contribution in [-0.2, 0) is 4.79 Å². The molecule has 3 aromatic heterocycles. The molecule has 182 valence electrons. The Kier molecular flexibility index (Phi) is 5.37. The minimum absolute atomic E-state index is 0.00761. The van der Waals surface area contributed by atoms with Gasteiger partial charge >= 0.3 is 0 Å². The maximum atomic E-state index is 13.2. The van der Waals surface area contributed by atoms with Crippen molar-refractivity contribution >= 4 is 40.1 Å². The van der Waals surface area contributed by atoms with Crippen molar-refractivity contribution in [2.45, 2.75) is 25.3 Å². The van der Waals surface area contributed by atoms with Crippen LogP contribution in [0.4, 0.5) is 5.95 Å². The van der Waals surface area contributed by atoms with Crippen LogP contribution in [0.25, 0.3) is 21.5 Å². The molecule has 9 heteroatoms. The van der Waals surface area contributed by atoms with E-state index in [-0.39, 0.29) is 28.8 Å². The molecule has 0 atom stereocenters. The second-order valence-electron chi connectivity index (χ2n) is 9.63. The topological polar surface area (TPSA) is 100 Å². The molecule has 0 bridgehead atoms. The van der Waals surface area contributed by atoms with Crippen molar-refractivity contribution in [3.8, 4) is 10.4 Å². The fraction of sp³-hybridized carbons (Fsp3) is 0.259. The molecule has 4 heterocycles. The predicted molar refractivity (Wildman–Crippen MR) is 140 cm³/mol. The maximum Gasteiger partial charge on any atom is 0.268 e. The fourth-order valence-corrected chi connectivity index (χ4v) is 6.48. The number of hydrogen-bond acceptors (Lipinski definition) is 5. The number of thiophene rings is 1. The number of para-hydroxylation sites is 2. The van der Waals surface area contributed by atoms with E-state index in [1.54, 1.807) is 12.3 Å². The first-order chi connectivity index (χ1) is 17.4. The Labute approximate surface area is 211 Å². The van der Waals surface area contributed by atoms with Gasteiger partial charge in [0.1, 0.15) is 0 Å². The molecule has 0 radical (unpaired) electrons. The summed E-state index contributed by atoms with van der Waals surface area (Å²) >= 11 is 1.34. The van der Waals surface area contributed by atoms with Gasteiger partial charge in [-0.1, -0.05) is 18.7 Å². The van der Waals surface area contributed by atoms with Crippen LogP contribution in [0.1, 0.15) is 35.0 Å². The Hall–Kier alpha value is -3.98. The van der Waals surface area contributed by atoms with Crippen molar-refractivity contribution in [1.82, 2.24) is 19.4 Å². The Balaban J connectivity index is 1.24. The summed E-state index contributed by atoms with van der Waals surface area (Å²) in [5, 5.41) is 3.03. The van der Waals surface area contributed by atoms with Gasteiger partial charge in [-0.3, -0.25) is 19.7 Å². The molecule has 1 aliphatic carbocycles. The number of rotatable bonds is 5. The van der Waals surface area contributed by atoms with Crippen LogP contribution >= 0.6 is 11.3 Å². The summed E-state index contributed by atoms with van der Waals surface area (Å²) in [5.74, 6) is 0.293. The Morgan fingerprint density at radius 3 is 2.83 bits per heavy atom. The largest absolute Gasteiger partial charge is 0.339 e. The number of carbonyl (C=O) groups excluding carboxylic acids is 2. The predicted octanol–water partition coefficient (Wildman–Crippen LogP) is 4.45. The smallest absolute Gasteiger partial charge is 0.268 e. The molecule has 2 fully saturated rings. The fourth-order valence-electron chi connectivity index (χ4n) is 5.59. The molecule has 6 rings (SSSR count). The van der Waals surface area contributed by atoms with E-state index >= 15 is 0 Å². The zero-order valence-electron chi connectivity index (χ0n) is 19.6. The van der Waals surface area contributed by atoms with E-state index in [1.807, 2.05) is 41.3 Å². The molecule has 1 aromatic carbocycles. The molecule has 36 heavy (non-hydrogen) atoms. The van der Waals surface area contributed by atoms with Crippen molar-refractivity contribution in [1.29, 1.82) is 0 Å². The lowest BCUT2D eigenvalue weighted by atomic mass is 9.65. The van der Waals surface area contributed by atoms with Crippen molar-refractivity contribution in [3.63, 3.8) is 0 Å². The number of carbonyl (C=O) groups is 2. The third-order valence-corrected chi connectivity index (χ3v) is 8.47. The zero-order valence-corrected chi connectivity index (χ0v) is 20.4. The molecule has 0 unspecified atom stereocenters. The van der Waals surface area contributed by atoms with Gasteiger partial charge in [0.05, 0.1) is 15.9 Å². The first-order valence-corrected chi connectivity index (χ1v) is 12.7. The number of fused-ring (bicyclic) bond motifs is 1. The molecule has 1 aliphatic heterocycles. The first kappa shape index (κ1) is 22.5. The van der Waals surface area contributed by atoms with E-state index < -0.39 is 0 Å². The third-order valence-electron chi connectivity index (χ3n) is 7.34. The third kappa shape index (κ3) is 3.85. The van der Waals surface area contributed by atoms with Crippen LogP contribution in [0, 0.1) is 5.41 Å². The van der Waals surface area contributed by atoms with Crippen LogP contribution in [0.5, 0.6) is 0 Å². The number of nitrogens with zero attached hydrogens (tertiary/aromatic N) is 3. The lowest BCUT2D eigenvalue weighted by Crippen LogP contribution is -2.42. The monoisotopic (exact) mass is 499 g/mol. The molecule has 4 aromatic rings. The summed E-state index contributed by atoms with van der Waals surface area (Å²) in [4.78, 5) is 47.6. The van der Waals surface area contributed by atoms with Crippen molar-refractivity contribution < 1.29 is 9.59 Å². The normalized spacial score (nSPS) is 21.0. The number of anilines is 1. The van der Waals surface area contributed by atoms with Crippen LogP contribution in [0.15, 0.2) is 72.2 Å². The van der Waals surface area contributed by atoms with Crippen LogP contribution < -0.4 is 10.9 Å². The van der Waals surface area contributed by atoms with Gasteiger partial charge in [0.2, 0.25) is 17.4 Å². The van der Waals surface area contributed by atoms with E-state index in [0.717, 1.165) is 53.8 Å². The van der Waals surface area contributed by atoms with E-state index in [0.29, 0.717) is 10.8 Å². The van der Waals surface area contributed by atoms with Gasteiger partial charge < -0.3 is 14.5 Å². The Morgan fingerprint density at radius 1 is 1.19 bits per heavy atom. The van der Waals surface area contributed by atoms with Crippen LogP contribution in [0.2, 0.25) is 0 Å². The number of likely N-dealkylation sites (tertiary alicyclic amines) is 1. The number of pyridine rings is 1. The molecular weight excluding hydrogens is 474 g/mol. The summed E-state index contributed by atoms with van der Waals surface area (Å²) in [6, 6.07) is 15.0. The number of hydrogen-bond donors (Lipinski definition) is 2. The summed E-state index contributed by atoms with van der Waals surface area (Å²) in [7, 11) is 0. The van der Waals surface area contributed by atoms with Gasteiger partial charge in [0.15, 0.2) is 0 Å². The van der Waals surface area contributed by atoms with Crippen molar-refractivity contribution in [3.05, 3.63) is 82.6 Å². The molecule has 1 spiro atoms. The molecular formula is C27H25N5O3S. The summed E-state index contributed by atoms with van der Waals surface area (Å²) in [6.45, 7) is 5.13. The van der Waals surface area contributed by atoms with Crippen molar-refractivity contribution in [2.24, 2.45) is 5.41 Å².